The van der Waals surface area contributed by atoms with Crippen LogP contribution >= 0.6 is 0 Å². The average molecular weight is 218 g/mol. The normalized spacial score (nSPS) is 41.1. The quantitative estimate of drug-likeness (QED) is 0.389. The van der Waals surface area contributed by atoms with Gasteiger partial charge in [0.2, 0.25) is 0 Å². The molecule has 4 N–H and O–H groups in total. The second kappa shape index (κ2) is 5.42. The molecule has 0 aromatic carbocycles. The molecule has 0 unspecified atom stereocenters. The molecule has 0 amide bonds. The van der Waals surface area contributed by atoms with Crippen LogP contribution in [-0.2, 0) is 9.47 Å². The van der Waals surface area contributed by atoms with E-state index < -0.39 is 37.3 Å². The Bertz CT molecular complexity index is 237. The molecular weight excluding hydrogens is 204 g/mol. The summed E-state index contributed by atoms with van der Waals surface area (Å²) in [5.74, 6) is 2.17. The van der Waals surface area contributed by atoms with Gasteiger partial charge in [0, 0.05) is 0 Å². The lowest BCUT2D eigenvalue weighted by atomic mass is 9.99. The molecule has 6 heteroatoms. The van der Waals surface area contributed by atoms with Gasteiger partial charge in [-0.05, 0) is 0 Å². The molecule has 0 aliphatic carbocycles. The highest BCUT2D eigenvalue weighted by Gasteiger charge is 2.44. The van der Waals surface area contributed by atoms with E-state index in [1.807, 2.05) is 0 Å². The fraction of sp³-hybridized carbons (Fsp3) is 0.778. The van der Waals surface area contributed by atoms with Gasteiger partial charge in [-0.1, -0.05) is 5.92 Å². The maximum atomic E-state index is 9.59. The molecule has 0 aromatic rings. The summed E-state index contributed by atoms with van der Waals surface area (Å²) in [4.78, 5) is 0. The molecule has 1 aliphatic rings. The van der Waals surface area contributed by atoms with Crippen molar-refractivity contribution >= 4 is 0 Å². The summed E-state index contributed by atoms with van der Waals surface area (Å²) < 4.78 is 9.72. The van der Waals surface area contributed by atoms with Gasteiger partial charge in [0.1, 0.15) is 31.0 Å². The number of ether oxygens (including phenoxy) is 2. The summed E-state index contributed by atoms with van der Waals surface area (Å²) in [7, 11) is 0. The third-order valence-electron chi connectivity index (χ3n) is 2.20. The van der Waals surface area contributed by atoms with Gasteiger partial charge in [0.05, 0.1) is 6.61 Å². The minimum Gasteiger partial charge on any atom is -0.394 e. The van der Waals surface area contributed by atoms with Crippen LogP contribution in [0.1, 0.15) is 0 Å². The Morgan fingerprint density at radius 1 is 1.27 bits per heavy atom. The molecule has 6 nitrogen and oxygen atoms in total. The van der Waals surface area contributed by atoms with Crippen molar-refractivity contribution < 1.29 is 29.9 Å². The van der Waals surface area contributed by atoms with Crippen LogP contribution in [0.3, 0.4) is 0 Å². The van der Waals surface area contributed by atoms with Gasteiger partial charge in [-0.2, -0.15) is 0 Å². The number of rotatable bonds is 3. The van der Waals surface area contributed by atoms with Gasteiger partial charge in [-0.3, -0.25) is 0 Å². The standard InChI is InChI=1S/C9H14O6/c1-2-3-14-8-6(11)5(4-10)15-9(13)7(8)12/h1,5-13H,3-4H2/t5-,6+,7-,8+,9-/m1/s1. The molecule has 1 heterocycles. The van der Waals surface area contributed by atoms with E-state index in [2.05, 4.69) is 5.92 Å². The van der Waals surface area contributed by atoms with Gasteiger partial charge in [0.15, 0.2) is 6.29 Å². The molecule has 0 spiro atoms. The first-order valence-electron chi connectivity index (χ1n) is 4.47. The van der Waals surface area contributed by atoms with Gasteiger partial charge in [-0.15, -0.1) is 6.42 Å². The smallest absolute Gasteiger partial charge is 0.184 e. The summed E-state index contributed by atoms with van der Waals surface area (Å²) in [5.41, 5.74) is 0. The van der Waals surface area contributed by atoms with Crippen LogP contribution < -0.4 is 0 Å². The zero-order valence-corrected chi connectivity index (χ0v) is 7.98. The Hall–Kier alpha value is -0.680. The predicted octanol–water partition coefficient (Wildman–Crippen LogP) is -2.56. The van der Waals surface area contributed by atoms with Crippen LogP contribution in [0.5, 0.6) is 0 Å². The molecule has 0 aromatic heterocycles. The van der Waals surface area contributed by atoms with E-state index in [1.165, 1.54) is 0 Å². The number of aliphatic hydroxyl groups excluding tert-OH is 4. The van der Waals surface area contributed by atoms with Crippen molar-refractivity contribution in [2.24, 2.45) is 0 Å². The number of aliphatic hydroxyl groups is 4. The molecule has 1 rings (SSSR count). The maximum Gasteiger partial charge on any atom is 0.184 e. The van der Waals surface area contributed by atoms with Crippen molar-refractivity contribution in [1.82, 2.24) is 0 Å². The molecule has 1 aliphatic heterocycles. The second-order valence-electron chi connectivity index (χ2n) is 3.21. The zero-order valence-electron chi connectivity index (χ0n) is 7.98. The van der Waals surface area contributed by atoms with Crippen molar-refractivity contribution in [2.75, 3.05) is 13.2 Å². The Balaban J connectivity index is 2.67. The number of hydrogen-bond acceptors (Lipinski definition) is 6. The van der Waals surface area contributed by atoms with Crippen molar-refractivity contribution in [1.29, 1.82) is 0 Å². The molecule has 1 fully saturated rings. The molecule has 0 saturated carbocycles. The molecule has 1 saturated heterocycles. The Labute approximate surface area is 87.1 Å². The molecular formula is C9H14O6. The summed E-state index contributed by atoms with van der Waals surface area (Å²) in [6.45, 7) is -0.593. The highest BCUT2D eigenvalue weighted by Crippen LogP contribution is 2.21. The molecule has 0 bridgehead atoms. The monoisotopic (exact) mass is 218 g/mol. The summed E-state index contributed by atoms with van der Waals surface area (Å²) in [5, 5.41) is 37.1. The lowest BCUT2D eigenvalue weighted by Crippen LogP contribution is -2.59. The van der Waals surface area contributed by atoms with Crippen molar-refractivity contribution in [3.05, 3.63) is 0 Å². The van der Waals surface area contributed by atoms with E-state index in [4.69, 9.17) is 21.0 Å². The molecule has 86 valence electrons. The van der Waals surface area contributed by atoms with E-state index >= 15 is 0 Å². The van der Waals surface area contributed by atoms with E-state index in [-0.39, 0.29) is 6.61 Å². The fourth-order valence-corrected chi connectivity index (χ4v) is 1.41. The first kappa shape index (κ1) is 12.4. The lowest BCUT2D eigenvalue weighted by Gasteiger charge is -2.39. The van der Waals surface area contributed by atoms with Crippen LogP contribution in [0.25, 0.3) is 0 Å². The topological polar surface area (TPSA) is 99.4 Å². The zero-order chi connectivity index (χ0) is 11.4. The van der Waals surface area contributed by atoms with Crippen LogP contribution in [0.4, 0.5) is 0 Å². The summed E-state index contributed by atoms with van der Waals surface area (Å²) >= 11 is 0. The molecule has 5 atom stereocenters. The van der Waals surface area contributed by atoms with Crippen LogP contribution in [-0.4, -0.2) is 64.3 Å². The third kappa shape index (κ3) is 2.66. The Kier molecular flexibility index (Phi) is 4.47. The first-order valence-corrected chi connectivity index (χ1v) is 4.47. The average Bonchev–Trinajstić information content (AvgIpc) is 2.23. The van der Waals surface area contributed by atoms with E-state index in [0.717, 1.165) is 0 Å². The highest BCUT2D eigenvalue weighted by atomic mass is 16.6. The van der Waals surface area contributed by atoms with E-state index in [0.29, 0.717) is 0 Å². The summed E-state index contributed by atoms with van der Waals surface area (Å²) in [6, 6.07) is 0. The minimum absolute atomic E-state index is 0.107. The van der Waals surface area contributed by atoms with Crippen LogP contribution in [0, 0.1) is 12.3 Å². The highest BCUT2D eigenvalue weighted by molar-refractivity contribution is 4.92. The third-order valence-corrected chi connectivity index (χ3v) is 2.20. The molecule has 0 radical (unpaired) electrons. The first-order chi connectivity index (χ1) is 7.11. The van der Waals surface area contributed by atoms with Crippen molar-refractivity contribution in [3.8, 4) is 12.3 Å². The number of hydrogen-bond donors (Lipinski definition) is 4. The van der Waals surface area contributed by atoms with Crippen LogP contribution in [0.15, 0.2) is 0 Å². The van der Waals surface area contributed by atoms with Crippen LogP contribution in [0.2, 0.25) is 0 Å². The van der Waals surface area contributed by atoms with Gasteiger partial charge < -0.3 is 29.9 Å². The maximum absolute atomic E-state index is 9.59. The Morgan fingerprint density at radius 2 is 1.93 bits per heavy atom. The van der Waals surface area contributed by atoms with Gasteiger partial charge in [-0.25, -0.2) is 0 Å². The number of terminal acetylenes is 1. The molecule has 15 heavy (non-hydrogen) atoms. The largest absolute Gasteiger partial charge is 0.394 e. The van der Waals surface area contributed by atoms with Crippen molar-refractivity contribution in [2.45, 2.75) is 30.7 Å². The van der Waals surface area contributed by atoms with E-state index in [1.54, 1.807) is 0 Å². The van der Waals surface area contributed by atoms with E-state index in [9.17, 15) is 15.3 Å². The Morgan fingerprint density at radius 3 is 2.47 bits per heavy atom. The minimum atomic E-state index is -1.51. The van der Waals surface area contributed by atoms with Crippen molar-refractivity contribution in [3.63, 3.8) is 0 Å². The second-order valence-corrected chi connectivity index (χ2v) is 3.21. The summed E-state index contributed by atoms with van der Waals surface area (Å²) in [6.07, 6.45) is -1.24. The predicted molar refractivity (Wildman–Crippen MR) is 48.6 cm³/mol. The lowest BCUT2D eigenvalue weighted by molar-refractivity contribution is -0.292. The van der Waals surface area contributed by atoms with Gasteiger partial charge >= 0.3 is 0 Å². The fourth-order valence-electron chi connectivity index (χ4n) is 1.41. The van der Waals surface area contributed by atoms with Gasteiger partial charge in [0.25, 0.3) is 0 Å². The SMILES string of the molecule is C#CCO[C@@H]1[C@@H](O)[C@H](O)O[C@H](CO)[C@@H]1O.